The minimum Gasteiger partial charge on any atom is -0.271 e. The van der Waals surface area contributed by atoms with E-state index in [1.165, 1.54) is 9.87 Å². The molecule has 0 bridgehead atoms. The van der Waals surface area contributed by atoms with E-state index >= 15 is 0 Å². The predicted molar refractivity (Wildman–Crippen MR) is 73.9 cm³/mol. The number of rotatable bonds is 4. The van der Waals surface area contributed by atoms with Gasteiger partial charge in [0.25, 0.3) is 0 Å². The molecule has 0 amide bonds. The SMILES string of the molecule is CC(C)c1ccc(NS(=O)(=O)N2CCCC2)cc1. The summed E-state index contributed by atoms with van der Waals surface area (Å²) >= 11 is 0. The van der Waals surface area contributed by atoms with E-state index in [1.807, 2.05) is 24.3 Å². The van der Waals surface area contributed by atoms with Crippen LogP contribution < -0.4 is 4.72 Å². The third-order valence-electron chi connectivity index (χ3n) is 3.23. The Kier molecular flexibility index (Phi) is 3.92. The van der Waals surface area contributed by atoms with Gasteiger partial charge in [0.05, 0.1) is 0 Å². The Morgan fingerprint density at radius 3 is 2.17 bits per heavy atom. The van der Waals surface area contributed by atoms with Gasteiger partial charge in [-0.3, -0.25) is 4.72 Å². The third kappa shape index (κ3) is 3.03. The zero-order valence-corrected chi connectivity index (χ0v) is 11.7. The van der Waals surface area contributed by atoms with E-state index in [0.717, 1.165) is 12.8 Å². The van der Waals surface area contributed by atoms with E-state index in [0.29, 0.717) is 24.7 Å². The normalized spacial score (nSPS) is 17.3. The number of benzene rings is 1. The molecule has 0 aromatic heterocycles. The summed E-state index contributed by atoms with van der Waals surface area (Å²) < 4.78 is 28.2. The van der Waals surface area contributed by atoms with Crippen LogP contribution in [0.25, 0.3) is 0 Å². The molecule has 100 valence electrons. The average molecular weight is 268 g/mol. The third-order valence-corrected chi connectivity index (χ3v) is 4.77. The summed E-state index contributed by atoms with van der Waals surface area (Å²) in [6.45, 7) is 5.48. The second-order valence-corrected chi connectivity index (χ2v) is 6.66. The van der Waals surface area contributed by atoms with Gasteiger partial charge >= 0.3 is 10.2 Å². The highest BCUT2D eigenvalue weighted by atomic mass is 32.2. The van der Waals surface area contributed by atoms with Gasteiger partial charge in [-0.2, -0.15) is 12.7 Å². The molecule has 1 heterocycles. The summed E-state index contributed by atoms with van der Waals surface area (Å²) in [5.41, 5.74) is 1.84. The molecule has 0 spiro atoms. The van der Waals surface area contributed by atoms with Crippen molar-refractivity contribution in [3.05, 3.63) is 29.8 Å². The molecule has 1 aromatic rings. The summed E-state index contributed by atoms with van der Waals surface area (Å²) in [6.07, 6.45) is 1.90. The van der Waals surface area contributed by atoms with Gasteiger partial charge in [-0.1, -0.05) is 26.0 Å². The van der Waals surface area contributed by atoms with Gasteiger partial charge < -0.3 is 0 Å². The Morgan fingerprint density at radius 1 is 1.11 bits per heavy atom. The molecule has 1 fully saturated rings. The van der Waals surface area contributed by atoms with Crippen LogP contribution in [0.3, 0.4) is 0 Å². The lowest BCUT2D eigenvalue weighted by molar-refractivity contribution is 0.482. The van der Waals surface area contributed by atoms with E-state index in [4.69, 9.17) is 0 Å². The van der Waals surface area contributed by atoms with Crippen molar-refractivity contribution in [1.29, 1.82) is 0 Å². The maximum Gasteiger partial charge on any atom is 0.301 e. The van der Waals surface area contributed by atoms with Gasteiger partial charge in [-0.15, -0.1) is 0 Å². The van der Waals surface area contributed by atoms with Crippen molar-refractivity contribution < 1.29 is 8.42 Å². The number of hydrogen-bond donors (Lipinski definition) is 1. The van der Waals surface area contributed by atoms with Crippen LogP contribution >= 0.6 is 0 Å². The van der Waals surface area contributed by atoms with Crippen LogP contribution in [0.15, 0.2) is 24.3 Å². The fraction of sp³-hybridized carbons (Fsp3) is 0.538. The Bertz CT molecular complexity index is 488. The summed E-state index contributed by atoms with van der Waals surface area (Å²) in [5.74, 6) is 0.453. The van der Waals surface area contributed by atoms with Crippen molar-refractivity contribution in [3.8, 4) is 0 Å². The standard InChI is InChI=1S/C13H20N2O2S/c1-11(2)12-5-7-13(8-6-12)14-18(16,17)15-9-3-4-10-15/h5-8,11,14H,3-4,9-10H2,1-2H3. The van der Waals surface area contributed by atoms with Crippen LogP contribution in [0.2, 0.25) is 0 Å². The second kappa shape index (κ2) is 5.28. The number of anilines is 1. The molecule has 5 heteroatoms. The van der Waals surface area contributed by atoms with Gasteiger partial charge in [0.15, 0.2) is 0 Å². The zero-order chi connectivity index (χ0) is 13.2. The molecule has 1 N–H and O–H groups in total. The van der Waals surface area contributed by atoms with E-state index in [9.17, 15) is 8.42 Å². The van der Waals surface area contributed by atoms with Gasteiger partial charge in [0.1, 0.15) is 0 Å². The smallest absolute Gasteiger partial charge is 0.271 e. The fourth-order valence-electron chi connectivity index (χ4n) is 2.08. The largest absolute Gasteiger partial charge is 0.301 e. The maximum absolute atomic E-state index is 12.0. The Labute approximate surface area is 109 Å². The summed E-state index contributed by atoms with van der Waals surface area (Å²) in [7, 11) is -3.36. The molecule has 0 aliphatic carbocycles. The molecule has 2 rings (SSSR count). The lowest BCUT2D eigenvalue weighted by atomic mass is 10.0. The highest BCUT2D eigenvalue weighted by Crippen LogP contribution is 2.20. The number of nitrogens with zero attached hydrogens (tertiary/aromatic N) is 1. The van der Waals surface area contributed by atoms with Crippen molar-refractivity contribution in [2.75, 3.05) is 17.8 Å². The van der Waals surface area contributed by atoms with Gasteiger partial charge in [-0.05, 0) is 36.5 Å². The van der Waals surface area contributed by atoms with Gasteiger partial charge in [-0.25, -0.2) is 0 Å². The summed E-state index contributed by atoms with van der Waals surface area (Å²) in [4.78, 5) is 0. The topological polar surface area (TPSA) is 49.4 Å². The lowest BCUT2D eigenvalue weighted by Crippen LogP contribution is -2.33. The molecular weight excluding hydrogens is 248 g/mol. The molecule has 1 aliphatic heterocycles. The van der Waals surface area contributed by atoms with Gasteiger partial charge in [0, 0.05) is 18.8 Å². The Morgan fingerprint density at radius 2 is 1.67 bits per heavy atom. The molecule has 0 radical (unpaired) electrons. The van der Waals surface area contributed by atoms with Gasteiger partial charge in [0.2, 0.25) is 0 Å². The van der Waals surface area contributed by atoms with Crippen LogP contribution in [-0.2, 0) is 10.2 Å². The van der Waals surface area contributed by atoms with E-state index in [-0.39, 0.29) is 0 Å². The lowest BCUT2D eigenvalue weighted by Gasteiger charge is -2.17. The molecule has 0 saturated carbocycles. The number of nitrogens with one attached hydrogen (secondary N) is 1. The summed E-state index contributed by atoms with van der Waals surface area (Å²) in [5, 5.41) is 0. The molecule has 1 aromatic carbocycles. The monoisotopic (exact) mass is 268 g/mol. The molecule has 1 aliphatic rings. The predicted octanol–water partition coefficient (Wildman–Crippen LogP) is 2.56. The van der Waals surface area contributed by atoms with Crippen molar-refractivity contribution in [1.82, 2.24) is 4.31 Å². The first-order valence-corrected chi connectivity index (χ1v) is 7.81. The first-order chi connectivity index (χ1) is 8.49. The van der Waals surface area contributed by atoms with Crippen LogP contribution in [0, 0.1) is 0 Å². The first kappa shape index (κ1) is 13.4. The minimum absolute atomic E-state index is 0.453. The maximum atomic E-state index is 12.0. The molecule has 1 saturated heterocycles. The van der Waals surface area contributed by atoms with Crippen molar-refractivity contribution in [3.63, 3.8) is 0 Å². The highest BCUT2D eigenvalue weighted by Gasteiger charge is 2.24. The number of hydrogen-bond acceptors (Lipinski definition) is 2. The molecular formula is C13H20N2O2S. The van der Waals surface area contributed by atoms with Crippen LogP contribution in [0.4, 0.5) is 5.69 Å². The average Bonchev–Trinajstić information content (AvgIpc) is 2.83. The van der Waals surface area contributed by atoms with Crippen molar-refractivity contribution in [2.24, 2.45) is 0 Å². The van der Waals surface area contributed by atoms with Crippen LogP contribution in [0.1, 0.15) is 38.2 Å². The molecule has 18 heavy (non-hydrogen) atoms. The fourth-order valence-corrected chi connectivity index (χ4v) is 3.38. The molecule has 4 nitrogen and oxygen atoms in total. The molecule has 0 unspecified atom stereocenters. The van der Waals surface area contributed by atoms with Crippen LogP contribution in [0.5, 0.6) is 0 Å². The van der Waals surface area contributed by atoms with Crippen molar-refractivity contribution in [2.45, 2.75) is 32.6 Å². The Hall–Kier alpha value is -1.07. The highest BCUT2D eigenvalue weighted by molar-refractivity contribution is 7.90. The minimum atomic E-state index is -3.36. The van der Waals surface area contributed by atoms with E-state index < -0.39 is 10.2 Å². The quantitative estimate of drug-likeness (QED) is 0.912. The van der Waals surface area contributed by atoms with E-state index in [2.05, 4.69) is 18.6 Å². The first-order valence-electron chi connectivity index (χ1n) is 6.37. The van der Waals surface area contributed by atoms with Crippen LogP contribution in [-0.4, -0.2) is 25.8 Å². The second-order valence-electron chi connectivity index (χ2n) is 4.99. The van der Waals surface area contributed by atoms with E-state index in [1.54, 1.807) is 0 Å². The zero-order valence-electron chi connectivity index (χ0n) is 10.9. The molecule has 0 atom stereocenters. The van der Waals surface area contributed by atoms with Crippen molar-refractivity contribution >= 4 is 15.9 Å². The summed E-state index contributed by atoms with van der Waals surface area (Å²) in [6, 6.07) is 7.57. The Balaban J connectivity index is 2.09.